The van der Waals surface area contributed by atoms with Gasteiger partial charge in [0, 0.05) is 34.9 Å². The van der Waals surface area contributed by atoms with Crippen molar-refractivity contribution in [1.82, 2.24) is 9.88 Å². The van der Waals surface area contributed by atoms with Gasteiger partial charge in [0.25, 0.3) is 0 Å². The van der Waals surface area contributed by atoms with Crippen LogP contribution in [0.4, 0.5) is 0 Å². The zero-order valence-electron chi connectivity index (χ0n) is 13.1. The van der Waals surface area contributed by atoms with Crippen LogP contribution in [0.5, 0.6) is 0 Å². The first-order valence-corrected chi connectivity index (χ1v) is 8.87. The fraction of sp³-hybridized carbons (Fsp3) is 0.444. The quantitative estimate of drug-likeness (QED) is 0.866. The van der Waals surface area contributed by atoms with E-state index in [9.17, 15) is 0 Å². The molecule has 1 saturated carbocycles. The SMILES string of the molecule is CSC1(CNCc2cc(C)n(-c3ccccc3)c2C)CC1. The van der Waals surface area contributed by atoms with Crippen molar-refractivity contribution < 1.29 is 0 Å². The number of hydrogen-bond donors (Lipinski definition) is 1. The minimum absolute atomic E-state index is 0.533. The molecule has 0 aliphatic heterocycles. The van der Waals surface area contributed by atoms with E-state index in [4.69, 9.17) is 0 Å². The van der Waals surface area contributed by atoms with Gasteiger partial charge in [-0.3, -0.25) is 0 Å². The fourth-order valence-electron chi connectivity index (χ4n) is 3.00. The normalized spacial score (nSPS) is 16.1. The van der Waals surface area contributed by atoms with Gasteiger partial charge < -0.3 is 9.88 Å². The second kappa shape index (κ2) is 5.90. The first-order chi connectivity index (χ1) is 10.2. The van der Waals surface area contributed by atoms with Gasteiger partial charge in [-0.05, 0) is 56.7 Å². The molecule has 1 aromatic heterocycles. The third-order valence-electron chi connectivity index (χ3n) is 4.55. The smallest absolute Gasteiger partial charge is 0.0455 e. The molecule has 3 heteroatoms. The molecule has 2 nitrogen and oxygen atoms in total. The van der Waals surface area contributed by atoms with Gasteiger partial charge in [-0.2, -0.15) is 11.8 Å². The second-order valence-corrected chi connectivity index (χ2v) is 7.33. The number of para-hydroxylation sites is 1. The van der Waals surface area contributed by atoms with Crippen molar-refractivity contribution >= 4 is 11.8 Å². The van der Waals surface area contributed by atoms with E-state index in [-0.39, 0.29) is 0 Å². The fourth-order valence-corrected chi connectivity index (χ4v) is 3.76. The van der Waals surface area contributed by atoms with Crippen LogP contribution in [-0.2, 0) is 6.54 Å². The molecule has 0 saturated heterocycles. The molecule has 1 heterocycles. The summed E-state index contributed by atoms with van der Waals surface area (Å²) >= 11 is 2.02. The number of aromatic nitrogens is 1. The van der Waals surface area contributed by atoms with Crippen LogP contribution in [0, 0.1) is 13.8 Å². The number of nitrogens with one attached hydrogen (secondary N) is 1. The number of hydrogen-bond acceptors (Lipinski definition) is 2. The van der Waals surface area contributed by atoms with E-state index in [1.165, 1.54) is 35.5 Å². The molecule has 0 spiro atoms. The Hall–Kier alpha value is -1.19. The summed E-state index contributed by atoms with van der Waals surface area (Å²) in [5.41, 5.74) is 5.32. The molecule has 0 unspecified atom stereocenters. The van der Waals surface area contributed by atoms with Crippen molar-refractivity contribution in [3.63, 3.8) is 0 Å². The van der Waals surface area contributed by atoms with E-state index >= 15 is 0 Å². The lowest BCUT2D eigenvalue weighted by molar-refractivity contribution is 0.660. The molecule has 0 amide bonds. The minimum atomic E-state index is 0.533. The Morgan fingerprint density at radius 3 is 2.52 bits per heavy atom. The zero-order chi connectivity index (χ0) is 14.9. The zero-order valence-corrected chi connectivity index (χ0v) is 14.0. The first kappa shape index (κ1) is 14.7. The highest BCUT2D eigenvalue weighted by molar-refractivity contribution is 8.00. The Labute approximate surface area is 131 Å². The summed E-state index contributed by atoms with van der Waals surface area (Å²) in [4.78, 5) is 0. The molecule has 21 heavy (non-hydrogen) atoms. The van der Waals surface area contributed by atoms with E-state index in [2.05, 4.69) is 66.4 Å². The average molecular weight is 300 g/mol. The van der Waals surface area contributed by atoms with Crippen LogP contribution in [0.3, 0.4) is 0 Å². The van der Waals surface area contributed by atoms with E-state index in [1.807, 2.05) is 11.8 Å². The van der Waals surface area contributed by atoms with Gasteiger partial charge in [0.2, 0.25) is 0 Å². The molecule has 0 atom stereocenters. The number of thioether (sulfide) groups is 1. The van der Waals surface area contributed by atoms with Crippen LogP contribution in [0.15, 0.2) is 36.4 Å². The second-order valence-electron chi connectivity index (χ2n) is 6.06. The van der Waals surface area contributed by atoms with Crippen molar-refractivity contribution in [3.8, 4) is 5.69 Å². The van der Waals surface area contributed by atoms with Crippen molar-refractivity contribution in [3.05, 3.63) is 53.3 Å². The molecule has 0 radical (unpaired) electrons. The lowest BCUT2D eigenvalue weighted by atomic mass is 10.2. The Kier molecular flexibility index (Phi) is 4.14. The monoisotopic (exact) mass is 300 g/mol. The molecule has 3 rings (SSSR count). The van der Waals surface area contributed by atoms with E-state index < -0.39 is 0 Å². The van der Waals surface area contributed by atoms with E-state index in [0.717, 1.165) is 13.1 Å². The maximum atomic E-state index is 3.65. The molecular formula is C18H24N2S. The van der Waals surface area contributed by atoms with Gasteiger partial charge in [-0.25, -0.2) is 0 Å². The van der Waals surface area contributed by atoms with Crippen LogP contribution in [0.2, 0.25) is 0 Å². The van der Waals surface area contributed by atoms with Crippen LogP contribution in [0.25, 0.3) is 5.69 Å². The standard InChI is InChI=1S/C18H24N2S/c1-14-11-16(12-19-13-18(21-3)9-10-18)15(2)20(14)17-7-5-4-6-8-17/h4-8,11,19H,9-10,12-13H2,1-3H3. The maximum Gasteiger partial charge on any atom is 0.0455 e. The van der Waals surface area contributed by atoms with Crippen molar-refractivity contribution in [1.29, 1.82) is 0 Å². The highest BCUT2D eigenvalue weighted by Crippen LogP contribution is 2.46. The number of benzene rings is 1. The molecule has 1 aliphatic rings. The van der Waals surface area contributed by atoms with Crippen molar-refractivity contribution in [2.75, 3.05) is 12.8 Å². The average Bonchev–Trinajstić information content (AvgIpc) is 3.22. The summed E-state index contributed by atoms with van der Waals surface area (Å²) < 4.78 is 2.88. The molecule has 2 aromatic rings. The Morgan fingerprint density at radius 1 is 1.19 bits per heavy atom. The van der Waals surface area contributed by atoms with E-state index in [1.54, 1.807) is 0 Å². The predicted octanol–water partition coefficient (Wildman–Crippen LogP) is 4.08. The Balaban J connectivity index is 1.72. The molecule has 1 aliphatic carbocycles. The molecular weight excluding hydrogens is 276 g/mol. The molecule has 1 aromatic carbocycles. The minimum Gasteiger partial charge on any atom is -0.318 e. The first-order valence-electron chi connectivity index (χ1n) is 7.64. The third-order valence-corrected chi connectivity index (χ3v) is 5.97. The number of rotatable bonds is 6. The lowest BCUT2D eigenvalue weighted by Crippen LogP contribution is -2.25. The molecule has 1 fully saturated rings. The molecule has 1 N–H and O–H groups in total. The van der Waals surface area contributed by atoms with Crippen molar-refractivity contribution in [2.24, 2.45) is 0 Å². The maximum absolute atomic E-state index is 3.65. The predicted molar refractivity (Wildman–Crippen MR) is 92.4 cm³/mol. The summed E-state index contributed by atoms with van der Waals surface area (Å²) in [6.45, 7) is 6.50. The largest absolute Gasteiger partial charge is 0.318 e. The lowest BCUT2D eigenvalue weighted by Gasteiger charge is -2.13. The summed E-state index contributed by atoms with van der Waals surface area (Å²) in [7, 11) is 0. The number of aryl methyl sites for hydroxylation is 1. The van der Waals surface area contributed by atoms with Crippen molar-refractivity contribution in [2.45, 2.75) is 38.0 Å². The molecule has 112 valence electrons. The van der Waals surface area contributed by atoms with Gasteiger partial charge in [0.05, 0.1) is 0 Å². The highest BCUT2D eigenvalue weighted by atomic mass is 32.2. The summed E-state index contributed by atoms with van der Waals surface area (Å²) in [5, 5.41) is 3.65. The van der Waals surface area contributed by atoms with Crippen LogP contribution >= 0.6 is 11.8 Å². The third kappa shape index (κ3) is 3.04. The van der Waals surface area contributed by atoms with Crippen LogP contribution < -0.4 is 5.32 Å². The van der Waals surface area contributed by atoms with Gasteiger partial charge in [-0.1, -0.05) is 18.2 Å². The topological polar surface area (TPSA) is 17.0 Å². The molecule has 0 bridgehead atoms. The van der Waals surface area contributed by atoms with E-state index in [0.29, 0.717) is 4.75 Å². The Morgan fingerprint density at radius 2 is 1.90 bits per heavy atom. The summed E-state index contributed by atoms with van der Waals surface area (Å²) in [5.74, 6) is 0. The Bertz CT molecular complexity index is 612. The van der Waals surface area contributed by atoms with Crippen LogP contribution in [-0.4, -0.2) is 22.1 Å². The van der Waals surface area contributed by atoms with Crippen LogP contribution in [0.1, 0.15) is 29.8 Å². The highest BCUT2D eigenvalue weighted by Gasteiger charge is 2.41. The van der Waals surface area contributed by atoms with Gasteiger partial charge in [0.15, 0.2) is 0 Å². The summed E-state index contributed by atoms with van der Waals surface area (Å²) in [6.07, 6.45) is 4.96. The number of nitrogens with zero attached hydrogens (tertiary/aromatic N) is 1. The van der Waals surface area contributed by atoms with Gasteiger partial charge in [-0.15, -0.1) is 0 Å². The van der Waals surface area contributed by atoms with Gasteiger partial charge in [0.1, 0.15) is 0 Å². The van der Waals surface area contributed by atoms with Gasteiger partial charge >= 0.3 is 0 Å². The summed E-state index contributed by atoms with van der Waals surface area (Å²) in [6, 6.07) is 12.9.